The molecule has 0 saturated heterocycles. The number of halogens is 2. The van der Waals surface area contributed by atoms with E-state index >= 15 is 0 Å². The number of likely N-dealkylation sites (N-methyl/N-ethyl adjacent to an activating group) is 1. The number of hydrogen-bond donors (Lipinski definition) is 1. The summed E-state index contributed by atoms with van der Waals surface area (Å²) in [6, 6.07) is 0. The van der Waals surface area contributed by atoms with Gasteiger partial charge in [0.1, 0.15) is 17.0 Å². The van der Waals surface area contributed by atoms with Crippen LogP contribution in [0.4, 0.5) is 5.82 Å². The lowest BCUT2D eigenvalue weighted by Gasteiger charge is -2.26. The Balaban J connectivity index is 0.00000176. The van der Waals surface area contributed by atoms with Crippen molar-refractivity contribution in [2.75, 3.05) is 31.5 Å². The van der Waals surface area contributed by atoms with E-state index < -0.39 is 0 Å². The second-order valence-electron chi connectivity index (χ2n) is 8.57. The van der Waals surface area contributed by atoms with Gasteiger partial charge in [0, 0.05) is 34.8 Å². The molecule has 36 heavy (non-hydrogen) atoms. The molecule has 1 atom stereocenters. The van der Waals surface area contributed by atoms with Crippen LogP contribution in [0.5, 0.6) is 0 Å². The number of anilines is 1. The smallest absolute Gasteiger partial charge is 0.246 e. The molecule has 1 N–H and O–H groups in total. The minimum Gasteiger partial charge on any atom is -0.340 e. The molecule has 0 spiro atoms. The zero-order valence-electron chi connectivity index (χ0n) is 21.7. The van der Waals surface area contributed by atoms with Gasteiger partial charge in [-0.15, -0.1) is 22.9 Å². The molecule has 0 radical (unpaired) electrons. The molecule has 1 amide bonds. The maximum Gasteiger partial charge on any atom is 0.246 e. The Kier molecular flexibility index (Phi) is 11.2. The van der Waals surface area contributed by atoms with Crippen molar-refractivity contribution in [2.24, 2.45) is 0 Å². The average Bonchev–Trinajstić information content (AvgIpc) is 3.19. The third-order valence-electron chi connectivity index (χ3n) is 6.20. The SMILES string of the molecule is CC.CCCN(CC)C/C=C/C(=O)N1CCc2c(sc3ncnc(NC4=CCCC(Cl)C(Cl)=C4)c23)C1. The predicted molar refractivity (Wildman–Crippen MR) is 154 cm³/mol. The van der Waals surface area contributed by atoms with Gasteiger partial charge in [0.05, 0.1) is 17.3 Å². The number of amides is 1. The van der Waals surface area contributed by atoms with Crippen LogP contribution >= 0.6 is 34.5 Å². The molecule has 9 heteroatoms. The molecular weight excluding hydrogens is 513 g/mol. The van der Waals surface area contributed by atoms with E-state index in [0.717, 1.165) is 67.0 Å². The maximum absolute atomic E-state index is 12.8. The molecule has 2 aromatic rings. The summed E-state index contributed by atoms with van der Waals surface area (Å²) < 4.78 is 0. The number of hydrogen-bond acceptors (Lipinski definition) is 6. The monoisotopic (exact) mass is 549 g/mol. The highest BCUT2D eigenvalue weighted by atomic mass is 35.5. The van der Waals surface area contributed by atoms with E-state index in [4.69, 9.17) is 23.2 Å². The quantitative estimate of drug-likeness (QED) is 0.293. The van der Waals surface area contributed by atoms with Crippen molar-refractivity contribution >= 4 is 56.5 Å². The van der Waals surface area contributed by atoms with E-state index in [1.807, 2.05) is 30.9 Å². The largest absolute Gasteiger partial charge is 0.340 e. The fourth-order valence-electron chi connectivity index (χ4n) is 4.36. The van der Waals surface area contributed by atoms with Gasteiger partial charge in [0.25, 0.3) is 0 Å². The highest BCUT2D eigenvalue weighted by Gasteiger charge is 2.26. The van der Waals surface area contributed by atoms with Gasteiger partial charge >= 0.3 is 0 Å². The van der Waals surface area contributed by atoms with Gasteiger partial charge < -0.3 is 10.2 Å². The third kappa shape index (κ3) is 7.09. The van der Waals surface area contributed by atoms with Gasteiger partial charge in [-0.2, -0.15) is 0 Å². The van der Waals surface area contributed by atoms with Gasteiger partial charge in [-0.3, -0.25) is 9.69 Å². The fourth-order valence-corrected chi connectivity index (χ4v) is 5.98. The summed E-state index contributed by atoms with van der Waals surface area (Å²) in [5, 5.41) is 4.95. The molecule has 1 unspecified atom stereocenters. The normalized spacial score (nSPS) is 17.9. The van der Waals surface area contributed by atoms with Crippen molar-refractivity contribution in [3.8, 4) is 0 Å². The van der Waals surface area contributed by atoms with Gasteiger partial charge in [0.2, 0.25) is 5.91 Å². The van der Waals surface area contributed by atoms with Crippen molar-refractivity contribution in [2.45, 2.75) is 65.3 Å². The zero-order chi connectivity index (χ0) is 26.1. The Hall–Kier alpha value is -1.93. The molecule has 0 fully saturated rings. The second-order valence-corrected chi connectivity index (χ2v) is 10.6. The number of thiophene rings is 1. The topological polar surface area (TPSA) is 61.4 Å². The zero-order valence-corrected chi connectivity index (χ0v) is 24.0. The summed E-state index contributed by atoms with van der Waals surface area (Å²) in [5.41, 5.74) is 2.13. The Bertz CT molecular complexity index is 1130. The lowest BCUT2D eigenvalue weighted by molar-refractivity contribution is -0.126. The van der Waals surface area contributed by atoms with Crippen LogP contribution in [0.15, 0.2) is 41.4 Å². The second kappa shape index (κ2) is 14.1. The molecule has 196 valence electrons. The summed E-state index contributed by atoms with van der Waals surface area (Å²) >= 11 is 14.3. The van der Waals surface area contributed by atoms with E-state index in [1.54, 1.807) is 23.7 Å². The van der Waals surface area contributed by atoms with Gasteiger partial charge in [-0.05, 0) is 50.4 Å². The van der Waals surface area contributed by atoms with E-state index in [-0.39, 0.29) is 11.3 Å². The van der Waals surface area contributed by atoms with Crippen LogP contribution in [-0.4, -0.2) is 57.2 Å². The first kappa shape index (κ1) is 28.6. The number of nitrogens with zero attached hydrogens (tertiary/aromatic N) is 4. The standard InChI is InChI=1S/C25H31Cl2N5OS.C2H6/c1-3-11-31(4-2)12-6-9-22(33)32-13-10-18-21(15-32)34-25-23(18)24(28-16-29-25)30-17-7-5-8-19(26)20(27)14-17;1-2/h6-7,9,14,16,19H,3-5,8,10-13,15H2,1-2H3,(H,28,29,30);1-2H3/b9-6+;. The summed E-state index contributed by atoms with van der Waals surface area (Å²) in [6.45, 7) is 12.5. The van der Waals surface area contributed by atoms with E-state index in [1.165, 1.54) is 10.4 Å². The molecular formula is C27H37Cl2N5OS. The summed E-state index contributed by atoms with van der Waals surface area (Å²) in [6.07, 6.45) is 12.8. The Morgan fingerprint density at radius 3 is 2.89 bits per heavy atom. The molecule has 3 heterocycles. The maximum atomic E-state index is 12.8. The first-order valence-corrected chi connectivity index (χ1v) is 14.5. The van der Waals surface area contributed by atoms with Crippen LogP contribution in [0, 0.1) is 0 Å². The summed E-state index contributed by atoms with van der Waals surface area (Å²) in [4.78, 5) is 28.2. The number of rotatable bonds is 8. The number of allylic oxidation sites excluding steroid dienone is 3. The van der Waals surface area contributed by atoms with Crippen molar-refractivity contribution in [3.05, 3.63) is 51.8 Å². The minimum atomic E-state index is -0.161. The number of fused-ring (bicyclic) bond motifs is 3. The van der Waals surface area contributed by atoms with E-state index in [0.29, 0.717) is 18.1 Å². The van der Waals surface area contributed by atoms with Crippen LogP contribution in [0.3, 0.4) is 0 Å². The van der Waals surface area contributed by atoms with Crippen molar-refractivity contribution < 1.29 is 4.79 Å². The van der Waals surface area contributed by atoms with E-state index in [9.17, 15) is 4.79 Å². The van der Waals surface area contributed by atoms with Crippen LogP contribution in [0.1, 0.15) is 57.4 Å². The lowest BCUT2D eigenvalue weighted by atomic mass is 10.0. The predicted octanol–water partition coefficient (Wildman–Crippen LogP) is 6.71. The van der Waals surface area contributed by atoms with Crippen LogP contribution < -0.4 is 5.32 Å². The number of carbonyl (C=O) groups is 1. The molecule has 2 aliphatic rings. The highest BCUT2D eigenvalue weighted by Crippen LogP contribution is 2.38. The number of alkyl halides is 1. The van der Waals surface area contributed by atoms with E-state index in [2.05, 4.69) is 40.1 Å². The molecule has 6 nitrogen and oxygen atoms in total. The van der Waals surface area contributed by atoms with Crippen molar-refractivity contribution in [1.29, 1.82) is 0 Å². The summed E-state index contributed by atoms with van der Waals surface area (Å²) in [5.74, 6) is 0.844. The molecule has 0 saturated carbocycles. The number of nitrogens with one attached hydrogen (secondary N) is 1. The van der Waals surface area contributed by atoms with Crippen molar-refractivity contribution in [3.63, 3.8) is 0 Å². The Morgan fingerprint density at radius 2 is 2.14 bits per heavy atom. The van der Waals surface area contributed by atoms with Crippen LogP contribution in [0.25, 0.3) is 10.2 Å². The number of carbonyl (C=O) groups excluding carboxylic acids is 1. The third-order valence-corrected chi connectivity index (χ3v) is 8.26. The fraction of sp³-hybridized carbons (Fsp3) is 0.519. The molecule has 4 rings (SSSR count). The van der Waals surface area contributed by atoms with Crippen molar-refractivity contribution in [1.82, 2.24) is 19.8 Å². The van der Waals surface area contributed by atoms with Gasteiger partial charge in [-0.1, -0.05) is 51.4 Å². The minimum absolute atomic E-state index is 0.0686. The lowest BCUT2D eigenvalue weighted by Crippen LogP contribution is -2.34. The molecule has 1 aliphatic heterocycles. The van der Waals surface area contributed by atoms with Crippen LogP contribution in [0.2, 0.25) is 0 Å². The molecule has 1 aliphatic carbocycles. The van der Waals surface area contributed by atoms with Gasteiger partial charge in [-0.25, -0.2) is 9.97 Å². The molecule has 2 aromatic heterocycles. The van der Waals surface area contributed by atoms with Gasteiger partial charge in [0.15, 0.2) is 0 Å². The Morgan fingerprint density at radius 1 is 1.33 bits per heavy atom. The molecule has 0 bridgehead atoms. The first-order valence-electron chi connectivity index (χ1n) is 12.9. The molecule has 0 aromatic carbocycles. The van der Waals surface area contributed by atoms with Crippen LogP contribution in [-0.2, 0) is 17.8 Å². The average molecular weight is 551 g/mol. The Labute approximate surface area is 229 Å². The summed E-state index contributed by atoms with van der Waals surface area (Å²) in [7, 11) is 0. The number of aromatic nitrogens is 2. The first-order chi connectivity index (χ1) is 17.5. The highest BCUT2D eigenvalue weighted by molar-refractivity contribution is 7.19.